The summed E-state index contributed by atoms with van der Waals surface area (Å²) in [6, 6.07) is -1.14. The maximum absolute atomic E-state index is 13.0. The van der Waals surface area contributed by atoms with Crippen molar-refractivity contribution in [2.45, 2.75) is 185 Å². The van der Waals surface area contributed by atoms with Crippen LogP contribution in [-0.4, -0.2) is 107 Å². The Morgan fingerprint density at radius 2 is 1.29 bits per heavy atom. The van der Waals surface area contributed by atoms with Gasteiger partial charge in [-0.15, -0.1) is 0 Å². The number of rotatable bonds is 31. The van der Waals surface area contributed by atoms with Crippen LogP contribution >= 0.6 is 0 Å². The molecule has 0 saturated carbocycles. The molecule has 1 aliphatic heterocycles. The van der Waals surface area contributed by atoms with Crippen LogP contribution < -0.4 is 5.32 Å². The summed E-state index contributed by atoms with van der Waals surface area (Å²) in [6.07, 6.45) is 19.7. The summed E-state index contributed by atoms with van der Waals surface area (Å²) >= 11 is 0. The van der Waals surface area contributed by atoms with E-state index < -0.39 is 78.5 Å². The molecule has 1 fully saturated rings. The average Bonchev–Trinajstić information content (AvgIpc) is 3.11. The van der Waals surface area contributed by atoms with E-state index >= 15 is 0 Å². The van der Waals surface area contributed by atoms with Gasteiger partial charge in [-0.3, -0.25) is 9.35 Å². The standard InChI is InChI=1S/C38H69NO12S/c1-3-5-7-9-11-13-15-17-19-21-23-25-27-32(42)37(45)39-30(31(41)26-24-22-20-18-16-14-12-10-8-6-4-2)29-49-38-35(44)36(51-52(46,47)48)34(43)33(28-40)50-38/h8,10,16,18,24,26,30-36,38,40-44H,3-7,9,11-15,17,19-23,25,27-29H2,1-2H3,(H,39,45)(H,46,47,48)/b10-8+,18-16+,26-24+. The van der Waals surface area contributed by atoms with E-state index in [1.807, 2.05) is 0 Å². The second-order valence-corrected chi connectivity index (χ2v) is 14.7. The molecular weight excluding hydrogens is 694 g/mol. The highest BCUT2D eigenvalue weighted by Crippen LogP contribution is 2.26. The number of nitrogens with one attached hydrogen (secondary N) is 1. The minimum Gasteiger partial charge on any atom is -0.394 e. The first kappa shape index (κ1) is 48.3. The van der Waals surface area contributed by atoms with Crippen LogP contribution in [0, 0.1) is 0 Å². The first-order valence-electron chi connectivity index (χ1n) is 19.5. The van der Waals surface area contributed by atoms with Gasteiger partial charge in [0.25, 0.3) is 0 Å². The lowest BCUT2D eigenvalue weighted by Gasteiger charge is -2.41. The molecule has 0 bridgehead atoms. The second-order valence-electron chi connectivity index (χ2n) is 13.6. The van der Waals surface area contributed by atoms with Crippen molar-refractivity contribution in [2.24, 2.45) is 0 Å². The van der Waals surface area contributed by atoms with Crippen molar-refractivity contribution < 1.29 is 57.0 Å². The fraction of sp³-hybridized carbons (Fsp3) is 0.816. The number of aliphatic hydroxyl groups excluding tert-OH is 5. The van der Waals surface area contributed by atoms with Gasteiger partial charge in [0.15, 0.2) is 6.29 Å². The Bertz CT molecular complexity index is 1100. The minimum absolute atomic E-state index is 0.235. The highest BCUT2D eigenvalue weighted by molar-refractivity contribution is 7.80. The maximum atomic E-state index is 13.0. The van der Waals surface area contributed by atoms with Crippen molar-refractivity contribution >= 4 is 16.3 Å². The number of allylic oxidation sites excluding steroid dienone is 5. The molecule has 1 rings (SSSR count). The topological polar surface area (TPSA) is 212 Å². The van der Waals surface area contributed by atoms with E-state index in [0.717, 1.165) is 51.4 Å². The molecule has 1 amide bonds. The van der Waals surface area contributed by atoms with Crippen LogP contribution in [-0.2, 0) is 28.9 Å². The first-order valence-corrected chi connectivity index (χ1v) is 20.8. The van der Waals surface area contributed by atoms with Crippen molar-refractivity contribution in [3.05, 3.63) is 36.5 Å². The molecule has 0 spiro atoms. The summed E-state index contributed by atoms with van der Waals surface area (Å²) in [5.74, 6) is -0.721. The third-order valence-corrected chi connectivity index (χ3v) is 9.46. The Morgan fingerprint density at radius 3 is 1.81 bits per heavy atom. The van der Waals surface area contributed by atoms with Crippen molar-refractivity contribution in [3.63, 3.8) is 0 Å². The fourth-order valence-electron chi connectivity index (χ4n) is 5.85. The number of carbonyl (C=O) groups excluding carboxylic acids is 1. The zero-order valence-electron chi connectivity index (χ0n) is 31.5. The lowest BCUT2D eigenvalue weighted by molar-refractivity contribution is -0.298. The van der Waals surface area contributed by atoms with Crippen LogP contribution in [0.25, 0.3) is 0 Å². The number of aliphatic hydroxyl groups is 5. The van der Waals surface area contributed by atoms with Gasteiger partial charge in [-0.1, -0.05) is 134 Å². The molecule has 14 heteroatoms. The molecule has 0 radical (unpaired) electrons. The van der Waals surface area contributed by atoms with Crippen molar-refractivity contribution in [2.75, 3.05) is 13.2 Å². The zero-order chi connectivity index (χ0) is 38.6. The Morgan fingerprint density at radius 1 is 0.769 bits per heavy atom. The lowest BCUT2D eigenvalue weighted by atomic mass is 9.99. The molecule has 0 aliphatic carbocycles. The maximum Gasteiger partial charge on any atom is 0.397 e. The van der Waals surface area contributed by atoms with Gasteiger partial charge in [-0.05, 0) is 38.5 Å². The highest BCUT2D eigenvalue weighted by atomic mass is 32.3. The molecule has 7 N–H and O–H groups in total. The fourth-order valence-corrected chi connectivity index (χ4v) is 6.36. The molecule has 0 aromatic carbocycles. The van der Waals surface area contributed by atoms with Crippen LogP contribution in [0.2, 0.25) is 0 Å². The molecular formula is C38H69NO12S. The SMILES string of the molecule is CCC/C=C/CC/C=C/CC/C=C/C(O)C(COC1OC(CO)C(O)C(OS(=O)(=O)O)C1O)NC(=O)C(O)CCCCCCCCCCCCCC. The molecule has 8 atom stereocenters. The average molecular weight is 764 g/mol. The molecule has 0 aromatic rings. The van der Waals surface area contributed by atoms with Crippen LogP contribution in [0.3, 0.4) is 0 Å². The summed E-state index contributed by atoms with van der Waals surface area (Å²) in [6.45, 7) is 3.06. The van der Waals surface area contributed by atoms with Gasteiger partial charge in [0, 0.05) is 0 Å². The van der Waals surface area contributed by atoms with E-state index in [-0.39, 0.29) is 6.42 Å². The summed E-state index contributed by atoms with van der Waals surface area (Å²) in [7, 11) is -5.12. The van der Waals surface area contributed by atoms with Gasteiger partial charge in [0.1, 0.15) is 30.5 Å². The van der Waals surface area contributed by atoms with E-state index in [9.17, 15) is 38.7 Å². The predicted molar refractivity (Wildman–Crippen MR) is 201 cm³/mol. The van der Waals surface area contributed by atoms with E-state index in [1.54, 1.807) is 6.08 Å². The lowest BCUT2D eigenvalue weighted by Crippen LogP contribution is -2.61. The van der Waals surface area contributed by atoms with E-state index in [4.69, 9.17) is 14.0 Å². The number of carbonyl (C=O) groups is 1. The normalized spacial score (nSPS) is 23.1. The monoisotopic (exact) mass is 763 g/mol. The largest absolute Gasteiger partial charge is 0.397 e. The van der Waals surface area contributed by atoms with Gasteiger partial charge in [-0.2, -0.15) is 8.42 Å². The summed E-state index contributed by atoms with van der Waals surface area (Å²) in [5, 5.41) is 54.8. The number of amides is 1. The van der Waals surface area contributed by atoms with E-state index in [2.05, 4.69) is 47.7 Å². The molecule has 13 nitrogen and oxygen atoms in total. The number of hydrogen-bond acceptors (Lipinski definition) is 11. The summed E-state index contributed by atoms with van der Waals surface area (Å²) in [5.41, 5.74) is 0. The highest BCUT2D eigenvalue weighted by Gasteiger charge is 2.48. The Balaban J connectivity index is 2.74. The Labute approximate surface area is 312 Å². The van der Waals surface area contributed by atoms with Crippen LogP contribution in [0.1, 0.15) is 136 Å². The third-order valence-electron chi connectivity index (χ3n) is 8.99. The number of hydrogen-bond donors (Lipinski definition) is 7. The zero-order valence-corrected chi connectivity index (χ0v) is 32.3. The van der Waals surface area contributed by atoms with Gasteiger partial charge >= 0.3 is 10.4 Å². The van der Waals surface area contributed by atoms with Gasteiger partial charge in [0.2, 0.25) is 5.91 Å². The van der Waals surface area contributed by atoms with E-state index in [0.29, 0.717) is 12.8 Å². The second kappa shape index (κ2) is 29.6. The molecule has 0 aromatic heterocycles. The van der Waals surface area contributed by atoms with Gasteiger partial charge in [0.05, 0.1) is 25.4 Å². The van der Waals surface area contributed by atoms with Crippen LogP contribution in [0.5, 0.6) is 0 Å². The summed E-state index contributed by atoms with van der Waals surface area (Å²) < 4.78 is 47.2. The van der Waals surface area contributed by atoms with Gasteiger partial charge in [-0.25, -0.2) is 4.18 Å². The van der Waals surface area contributed by atoms with E-state index in [1.165, 1.54) is 57.4 Å². The van der Waals surface area contributed by atoms with Crippen molar-refractivity contribution in [1.29, 1.82) is 0 Å². The molecule has 1 saturated heterocycles. The summed E-state index contributed by atoms with van der Waals surface area (Å²) in [4.78, 5) is 13.0. The number of unbranched alkanes of at least 4 members (excludes halogenated alkanes) is 14. The Kier molecular flexibility index (Phi) is 27.5. The molecule has 1 aliphatic rings. The Hall–Kier alpha value is -1.72. The van der Waals surface area contributed by atoms with Crippen LogP contribution in [0.4, 0.5) is 0 Å². The van der Waals surface area contributed by atoms with Gasteiger partial charge < -0.3 is 40.3 Å². The molecule has 1 heterocycles. The van der Waals surface area contributed by atoms with Crippen molar-refractivity contribution in [3.8, 4) is 0 Å². The number of ether oxygens (including phenoxy) is 2. The third kappa shape index (κ3) is 22.5. The van der Waals surface area contributed by atoms with Crippen molar-refractivity contribution in [1.82, 2.24) is 5.32 Å². The molecule has 304 valence electrons. The quantitative estimate of drug-likeness (QED) is 0.0284. The molecule has 8 unspecified atom stereocenters. The smallest absolute Gasteiger partial charge is 0.394 e. The van der Waals surface area contributed by atoms with Crippen LogP contribution in [0.15, 0.2) is 36.5 Å². The minimum atomic E-state index is -5.12. The first-order chi connectivity index (χ1) is 24.9. The molecule has 52 heavy (non-hydrogen) atoms. The predicted octanol–water partition coefficient (Wildman–Crippen LogP) is 4.96.